The van der Waals surface area contributed by atoms with Gasteiger partial charge >= 0.3 is 0 Å². The second-order valence-electron chi connectivity index (χ2n) is 5.74. The fraction of sp³-hybridized carbons (Fsp3) is 0.867. The molecule has 1 heterocycles. The summed E-state index contributed by atoms with van der Waals surface area (Å²) in [6.07, 6.45) is 11.8. The molecule has 0 aromatic rings. The van der Waals surface area contributed by atoms with Crippen LogP contribution in [0, 0.1) is 5.92 Å². The molecule has 3 nitrogen and oxygen atoms in total. The van der Waals surface area contributed by atoms with Crippen LogP contribution in [-0.4, -0.2) is 23.2 Å². The molecule has 3 heteroatoms. The molecule has 0 aromatic heterocycles. The van der Waals surface area contributed by atoms with E-state index in [4.69, 9.17) is 0 Å². The number of amides is 1. The van der Waals surface area contributed by atoms with Crippen molar-refractivity contribution in [2.24, 2.45) is 11.0 Å². The number of unbranched alkanes of at least 4 members (excludes halogenated alkanes) is 1. The Bertz CT molecular complexity index is 306. The Labute approximate surface area is 111 Å². The lowest BCUT2D eigenvalue weighted by molar-refractivity contribution is -0.131. The topological polar surface area (TPSA) is 32.7 Å². The molecular weight excluding hydrogens is 224 g/mol. The maximum absolute atomic E-state index is 11.8. The molecule has 0 N–H and O–H groups in total. The second-order valence-corrected chi connectivity index (χ2v) is 5.74. The minimum atomic E-state index is 0.218. The third-order valence-corrected chi connectivity index (χ3v) is 4.15. The van der Waals surface area contributed by atoms with Crippen LogP contribution in [0.25, 0.3) is 0 Å². The fourth-order valence-electron chi connectivity index (χ4n) is 3.01. The summed E-state index contributed by atoms with van der Waals surface area (Å²) >= 11 is 0. The molecule has 0 aromatic carbocycles. The van der Waals surface area contributed by atoms with E-state index in [1.54, 1.807) is 5.01 Å². The molecule has 0 bridgehead atoms. The smallest absolute Gasteiger partial charge is 0.243 e. The summed E-state index contributed by atoms with van der Waals surface area (Å²) in [6.45, 7) is 2.96. The molecule has 0 saturated heterocycles. The van der Waals surface area contributed by atoms with Crippen LogP contribution in [-0.2, 0) is 4.79 Å². The summed E-state index contributed by atoms with van der Waals surface area (Å²) in [6, 6.07) is 0. The number of hydrogen-bond acceptors (Lipinski definition) is 2. The van der Waals surface area contributed by atoms with Crippen molar-refractivity contribution in [1.82, 2.24) is 5.01 Å². The average Bonchev–Trinajstić information content (AvgIpc) is 2.40. The highest BCUT2D eigenvalue weighted by Gasteiger charge is 2.22. The zero-order valence-electron chi connectivity index (χ0n) is 11.7. The van der Waals surface area contributed by atoms with Gasteiger partial charge < -0.3 is 0 Å². The molecule has 0 radical (unpaired) electrons. The van der Waals surface area contributed by atoms with Gasteiger partial charge in [-0.15, -0.1) is 0 Å². The summed E-state index contributed by atoms with van der Waals surface area (Å²) < 4.78 is 0. The Morgan fingerprint density at radius 1 is 1.22 bits per heavy atom. The van der Waals surface area contributed by atoms with E-state index in [0.29, 0.717) is 6.42 Å². The van der Waals surface area contributed by atoms with Gasteiger partial charge in [-0.1, -0.05) is 45.4 Å². The van der Waals surface area contributed by atoms with Crippen LogP contribution in [0.1, 0.15) is 71.1 Å². The first-order chi connectivity index (χ1) is 8.79. The standard InChI is InChI=1S/C15H26N2O/c1-2-3-11-17-15(18)10-9-14(16-17)12-13-7-5-4-6-8-13/h13H,2-12H2,1H3. The van der Waals surface area contributed by atoms with E-state index in [1.165, 1.54) is 37.8 Å². The van der Waals surface area contributed by atoms with E-state index in [1.807, 2.05) is 0 Å². The molecule has 2 rings (SSSR count). The largest absolute Gasteiger partial charge is 0.273 e. The lowest BCUT2D eigenvalue weighted by Gasteiger charge is -2.27. The van der Waals surface area contributed by atoms with Crippen LogP contribution in [0.4, 0.5) is 0 Å². The Morgan fingerprint density at radius 2 is 2.00 bits per heavy atom. The number of hydrogen-bond donors (Lipinski definition) is 0. The van der Waals surface area contributed by atoms with Gasteiger partial charge in [-0.05, 0) is 25.2 Å². The van der Waals surface area contributed by atoms with Crippen LogP contribution in [0.5, 0.6) is 0 Å². The Kier molecular flexibility index (Phi) is 5.21. The van der Waals surface area contributed by atoms with Gasteiger partial charge in [0.2, 0.25) is 5.91 Å². The highest BCUT2D eigenvalue weighted by Crippen LogP contribution is 2.28. The Hall–Kier alpha value is -0.860. The van der Waals surface area contributed by atoms with Gasteiger partial charge in [0.25, 0.3) is 0 Å². The molecule has 18 heavy (non-hydrogen) atoms. The number of hydrazone groups is 1. The van der Waals surface area contributed by atoms with Crippen LogP contribution >= 0.6 is 0 Å². The van der Waals surface area contributed by atoms with E-state index in [2.05, 4.69) is 12.0 Å². The maximum Gasteiger partial charge on any atom is 0.243 e. The lowest BCUT2D eigenvalue weighted by atomic mass is 9.85. The zero-order valence-corrected chi connectivity index (χ0v) is 11.7. The minimum Gasteiger partial charge on any atom is -0.273 e. The van der Waals surface area contributed by atoms with Gasteiger partial charge in [0.15, 0.2) is 0 Å². The Balaban J connectivity index is 1.88. The summed E-state index contributed by atoms with van der Waals surface area (Å²) in [7, 11) is 0. The monoisotopic (exact) mass is 250 g/mol. The summed E-state index contributed by atoms with van der Waals surface area (Å²) in [4.78, 5) is 11.8. The molecule has 2 aliphatic rings. The van der Waals surface area contributed by atoms with Crippen LogP contribution < -0.4 is 0 Å². The fourth-order valence-corrected chi connectivity index (χ4v) is 3.01. The highest BCUT2D eigenvalue weighted by atomic mass is 16.2. The van der Waals surface area contributed by atoms with Gasteiger partial charge in [-0.2, -0.15) is 5.10 Å². The lowest BCUT2D eigenvalue weighted by Crippen LogP contribution is -2.33. The Morgan fingerprint density at radius 3 is 2.72 bits per heavy atom. The quantitative estimate of drug-likeness (QED) is 0.731. The van der Waals surface area contributed by atoms with Crippen LogP contribution in [0.3, 0.4) is 0 Å². The van der Waals surface area contributed by atoms with Crippen molar-refractivity contribution in [2.45, 2.75) is 71.1 Å². The summed E-state index contributed by atoms with van der Waals surface area (Å²) in [5.74, 6) is 1.05. The first-order valence-corrected chi connectivity index (χ1v) is 7.66. The summed E-state index contributed by atoms with van der Waals surface area (Å²) in [5, 5.41) is 6.32. The average molecular weight is 250 g/mol. The number of carbonyl (C=O) groups excluding carboxylic acids is 1. The van der Waals surface area contributed by atoms with Crippen molar-refractivity contribution in [2.75, 3.05) is 6.54 Å². The van der Waals surface area contributed by atoms with Crippen molar-refractivity contribution >= 4 is 11.6 Å². The molecule has 1 saturated carbocycles. The molecule has 1 aliphatic carbocycles. The molecule has 1 fully saturated rings. The first-order valence-electron chi connectivity index (χ1n) is 7.66. The normalized spacial score (nSPS) is 22.2. The molecule has 0 atom stereocenters. The minimum absolute atomic E-state index is 0.218. The van der Waals surface area contributed by atoms with Gasteiger partial charge in [0, 0.05) is 18.7 Å². The van der Waals surface area contributed by atoms with Crippen molar-refractivity contribution < 1.29 is 4.79 Å². The first kappa shape index (κ1) is 13.6. The number of nitrogens with zero attached hydrogens (tertiary/aromatic N) is 2. The van der Waals surface area contributed by atoms with Crippen LogP contribution in [0.2, 0.25) is 0 Å². The van der Waals surface area contributed by atoms with Gasteiger partial charge in [-0.25, -0.2) is 5.01 Å². The van der Waals surface area contributed by atoms with Gasteiger partial charge in [-0.3, -0.25) is 4.79 Å². The third-order valence-electron chi connectivity index (χ3n) is 4.15. The predicted octanol–water partition coefficient (Wildman–Crippen LogP) is 3.74. The van der Waals surface area contributed by atoms with E-state index in [9.17, 15) is 4.79 Å². The van der Waals surface area contributed by atoms with E-state index in [-0.39, 0.29) is 5.91 Å². The summed E-state index contributed by atoms with van der Waals surface area (Å²) in [5.41, 5.74) is 1.28. The molecule has 102 valence electrons. The van der Waals surface area contributed by atoms with E-state index < -0.39 is 0 Å². The van der Waals surface area contributed by atoms with Gasteiger partial charge in [0.05, 0.1) is 0 Å². The molecular formula is C15H26N2O. The third kappa shape index (κ3) is 3.82. The number of rotatable bonds is 5. The second kappa shape index (κ2) is 6.91. The highest BCUT2D eigenvalue weighted by molar-refractivity contribution is 5.92. The molecule has 1 amide bonds. The van der Waals surface area contributed by atoms with Gasteiger partial charge in [0.1, 0.15) is 0 Å². The zero-order chi connectivity index (χ0) is 12.8. The van der Waals surface area contributed by atoms with E-state index in [0.717, 1.165) is 38.1 Å². The van der Waals surface area contributed by atoms with Crippen molar-refractivity contribution in [3.63, 3.8) is 0 Å². The van der Waals surface area contributed by atoms with Crippen molar-refractivity contribution in [3.05, 3.63) is 0 Å². The molecule has 1 aliphatic heterocycles. The van der Waals surface area contributed by atoms with E-state index >= 15 is 0 Å². The van der Waals surface area contributed by atoms with Crippen LogP contribution in [0.15, 0.2) is 5.10 Å². The van der Waals surface area contributed by atoms with Crippen molar-refractivity contribution in [3.8, 4) is 0 Å². The van der Waals surface area contributed by atoms with Crippen molar-refractivity contribution in [1.29, 1.82) is 0 Å². The predicted molar refractivity (Wildman–Crippen MR) is 74.5 cm³/mol. The number of carbonyl (C=O) groups is 1. The maximum atomic E-state index is 11.8. The molecule has 0 spiro atoms. The molecule has 0 unspecified atom stereocenters. The SMILES string of the molecule is CCCCN1N=C(CC2CCCCC2)CCC1=O.